The van der Waals surface area contributed by atoms with Crippen LogP contribution in [0.5, 0.6) is 0 Å². The Labute approximate surface area is 89.3 Å². The third-order valence-corrected chi connectivity index (χ3v) is 5.01. The molecule has 1 heterocycles. The zero-order valence-electron chi connectivity index (χ0n) is 7.54. The lowest BCUT2D eigenvalue weighted by atomic mass is 10.1. The van der Waals surface area contributed by atoms with Gasteiger partial charge in [-0.25, -0.2) is 0 Å². The molecule has 1 unspecified atom stereocenters. The summed E-state index contributed by atoms with van der Waals surface area (Å²) in [6.45, 7) is 2.26. The second kappa shape index (κ2) is 6.28. The van der Waals surface area contributed by atoms with Gasteiger partial charge in [0.25, 0.3) is 0 Å². The van der Waals surface area contributed by atoms with Gasteiger partial charge in [0.1, 0.15) is 3.53 Å². The monoisotopic (exact) mass is 220 g/mol. The van der Waals surface area contributed by atoms with Crippen LogP contribution in [-0.2, 0) is 0 Å². The highest BCUT2D eigenvalue weighted by Crippen LogP contribution is 2.33. The van der Waals surface area contributed by atoms with Crippen LogP contribution >= 0.6 is 35.7 Å². The van der Waals surface area contributed by atoms with Gasteiger partial charge >= 0.3 is 0 Å². The van der Waals surface area contributed by atoms with Crippen LogP contribution in [0.1, 0.15) is 39.0 Å². The van der Waals surface area contributed by atoms with Crippen LogP contribution in [0.25, 0.3) is 0 Å². The minimum atomic E-state index is 0.838. The minimum Gasteiger partial charge on any atom is -0.108 e. The fourth-order valence-electron chi connectivity index (χ4n) is 1.33. The van der Waals surface area contributed by atoms with E-state index >= 15 is 0 Å². The third kappa shape index (κ3) is 4.15. The average molecular weight is 220 g/mol. The molecule has 0 aliphatic carbocycles. The zero-order chi connectivity index (χ0) is 8.81. The largest absolute Gasteiger partial charge is 0.108 e. The summed E-state index contributed by atoms with van der Waals surface area (Å²) in [5.74, 6) is 1.25. The van der Waals surface area contributed by atoms with E-state index in [2.05, 4.69) is 6.92 Å². The maximum atomic E-state index is 5.19. The minimum absolute atomic E-state index is 0.838. The molecule has 0 aromatic heterocycles. The Hall–Kier alpha value is 0.790. The molecule has 0 bridgehead atoms. The van der Waals surface area contributed by atoms with E-state index in [4.69, 9.17) is 12.2 Å². The molecule has 0 radical (unpaired) electrons. The number of thioether (sulfide) groups is 2. The summed E-state index contributed by atoms with van der Waals surface area (Å²) < 4.78 is 1.17. The molecule has 0 aromatic carbocycles. The molecule has 0 N–H and O–H groups in total. The van der Waals surface area contributed by atoms with E-state index in [0.29, 0.717) is 0 Å². The van der Waals surface area contributed by atoms with E-state index in [0.717, 1.165) is 5.25 Å². The van der Waals surface area contributed by atoms with Gasteiger partial charge in [-0.3, -0.25) is 0 Å². The topological polar surface area (TPSA) is 0 Å². The van der Waals surface area contributed by atoms with E-state index in [1.165, 1.54) is 41.4 Å². The maximum Gasteiger partial charge on any atom is 0.104 e. The summed E-state index contributed by atoms with van der Waals surface area (Å²) >= 11 is 8.97. The maximum absolute atomic E-state index is 5.19. The molecule has 3 heteroatoms. The second-order valence-corrected chi connectivity index (χ2v) is 6.72. The zero-order valence-corrected chi connectivity index (χ0v) is 9.99. The lowest BCUT2D eigenvalue weighted by Gasteiger charge is -2.20. The lowest BCUT2D eigenvalue weighted by molar-refractivity contribution is 0.639. The van der Waals surface area contributed by atoms with Crippen LogP contribution in [0, 0.1) is 0 Å². The van der Waals surface area contributed by atoms with E-state index in [9.17, 15) is 0 Å². The van der Waals surface area contributed by atoms with Crippen molar-refractivity contribution in [3.63, 3.8) is 0 Å². The van der Waals surface area contributed by atoms with Gasteiger partial charge in [-0.2, -0.15) is 0 Å². The van der Waals surface area contributed by atoms with Crippen LogP contribution in [0.2, 0.25) is 0 Å². The molecular weight excluding hydrogens is 204 g/mol. The van der Waals surface area contributed by atoms with Crippen molar-refractivity contribution < 1.29 is 0 Å². The Kier molecular flexibility index (Phi) is 5.68. The SMILES string of the molecule is CCCCCC1CCSC(=S)S1. The molecule has 1 saturated heterocycles. The number of hydrogen-bond acceptors (Lipinski definition) is 3. The third-order valence-electron chi connectivity index (χ3n) is 2.05. The van der Waals surface area contributed by atoms with Crippen molar-refractivity contribution in [1.29, 1.82) is 0 Å². The van der Waals surface area contributed by atoms with Crippen LogP contribution in [0.15, 0.2) is 0 Å². The first kappa shape index (κ1) is 10.9. The van der Waals surface area contributed by atoms with Crippen LogP contribution < -0.4 is 0 Å². The fraction of sp³-hybridized carbons (Fsp3) is 0.889. The van der Waals surface area contributed by atoms with Gasteiger partial charge in [0, 0.05) is 11.0 Å². The molecule has 0 amide bonds. The molecule has 1 atom stereocenters. The molecule has 70 valence electrons. The standard InChI is InChI=1S/C9H16S3/c1-2-3-4-5-8-6-7-11-9(10)12-8/h8H,2-7H2,1H3. The summed E-state index contributed by atoms with van der Waals surface area (Å²) in [6, 6.07) is 0. The second-order valence-electron chi connectivity index (χ2n) is 3.12. The molecule has 1 aliphatic heterocycles. The molecule has 1 fully saturated rings. The molecule has 0 saturated carbocycles. The van der Waals surface area contributed by atoms with Crippen molar-refractivity contribution in [3.8, 4) is 0 Å². The molecule has 12 heavy (non-hydrogen) atoms. The van der Waals surface area contributed by atoms with Gasteiger partial charge in [-0.05, 0) is 12.8 Å². The lowest BCUT2D eigenvalue weighted by Crippen LogP contribution is -2.11. The Bertz CT molecular complexity index is 145. The van der Waals surface area contributed by atoms with Crippen molar-refractivity contribution in [2.75, 3.05) is 5.75 Å². The fourth-order valence-corrected chi connectivity index (χ4v) is 4.43. The van der Waals surface area contributed by atoms with Crippen molar-refractivity contribution in [1.82, 2.24) is 0 Å². The highest BCUT2D eigenvalue weighted by molar-refractivity contribution is 8.47. The Morgan fingerprint density at radius 3 is 3.00 bits per heavy atom. The summed E-state index contributed by atoms with van der Waals surface area (Å²) in [4.78, 5) is 0. The Balaban J connectivity index is 2.10. The normalized spacial score (nSPS) is 24.4. The molecule has 0 spiro atoms. The van der Waals surface area contributed by atoms with Crippen LogP contribution in [-0.4, -0.2) is 14.5 Å². The number of hydrogen-bond donors (Lipinski definition) is 0. The van der Waals surface area contributed by atoms with Gasteiger partial charge in [0.05, 0.1) is 0 Å². The molecule has 1 rings (SSSR count). The van der Waals surface area contributed by atoms with Crippen LogP contribution in [0.4, 0.5) is 0 Å². The van der Waals surface area contributed by atoms with E-state index < -0.39 is 0 Å². The smallest absolute Gasteiger partial charge is 0.104 e. The van der Waals surface area contributed by atoms with Gasteiger partial charge in [0.2, 0.25) is 0 Å². The molecule has 0 aromatic rings. The molecule has 1 aliphatic rings. The summed E-state index contributed by atoms with van der Waals surface area (Å²) in [5.41, 5.74) is 0. The number of thiocarbonyl (C=S) groups is 1. The van der Waals surface area contributed by atoms with Crippen LogP contribution in [0.3, 0.4) is 0 Å². The highest BCUT2D eigenvalue weighted by Gasteiger charge is 2.17. The Morgan fingerprint density at radius 2 is 2.33 bits per heavy atom. The first-order valence-corrected chi connectivity index (χ1v) is 6.93. The van der Waals surface area contributed by atoms with Crippen molar-refractivity contribution in [3.05, 3.63) is 0 Å². The average Bonchev–Trinajstić information content (AvgIpc) is 2.05. The first-order valence-electron chi connectivity index (χ1n) is 4.66. The van der Waals surface area contributed by atoms with Crippen molar-refractivity contribution in [2.24, 2.45) is 0 Å². The van der Waals surface area contributed by atoms with Crippen molar-refractivity contribution >= 4 is 39.3 Å². The van der Waals surface area contributed by atoms with Crippen molar-refractivity contribution in [2.45, 2.75) is 44.3 Å². The van der Waals surface area contributed by atoms with Gasteiger partial charge in [0.15, 0.2) is 0 Å². The highest BCUT2D eigenvalue weighted by atomic mass is 32.2. The van der Waals surface area contributed by atoms with E-state index in [1.54, 1.807) is 0 Å². The number of rotatable bonds is 4. The quantitative estimate of drug-likeness (QED) is 0.517. The predicted octanol–water partition coefficient (Wildman–Crippen LogP) is 4.09. The summed E-state index contributed by atoms with van der Waals surface area (Å²) in [6.07, 6.45) is 6.84. The van der Waals surface area contributed by atoms with Gasteiger partial charge < -0.3 is 0 Å². The summed E-state index contributed by atoms with van der Waals surface area (Å²) in [5, 5.41) is 0.838. The first-order chi connectivity index (χ1) is 5.83. The van der Waals surface area contributed by atoms with Gasteiger partial charge in [-0.1, -0.05) is 38.4 Å². The number of unbranched alkanes of at least 4 members (excludes halogenated alkanes) is 2. The predicted molar refractivity (Wildman–Crippen MR) is 65.2 cm³/mol. The summed E-state index contributed by atoms with van der Waals surface area (Å²) in [7, 11) is 0. The molecular formula is C9H16S3. The van der Waals surface area contributed by atoms with Gasteiger partial charge in [-0.15, -0.1) is 23.5 Å². The van der Waals surface area contributed by atoms with E-state index in [-0.39, 0.29) is 0 Å². The Morgan fingerprint density at radius 1 is 1.50 bits per heavy atom. The molecule has 0 nitrogen and oxygen atoms in total. The van der Waals surface area contributed by atoms with E-state index in [1.807, 2.05) is 23.5 Å².